The van der Waals surface area contributed by atoms with Gasteiger partial charge in [-0.3, -0.25) is 0 Å². The molecule has 7 heteroatoms. The molecule has 0 fully saturated rings. The van der Waals surface area contributed by atoms with Gasteiger partial charge in [0, 0.05) is 19.5 Å². The molecule has 1 aromatic rings. The van der Waals surface area contributed by atoms with Gasteiger partial charge in [-0.05, 0) is 37.0 Å². The molecule has 0 aliphatic carbocycles. The van der Waals surface area contributed by atoms with Gasteiger partial charge in [-0.15, -0.1) is 12.3 Å². The van der Waals surface area contributed by atoms with Crippen LogP contribution in [-0.4, -0.2) is 27.5 Å². The minimum Gasteiger partial charge on any atom is -0.338 e. The molecule has 0 aliphatic rings. The van der Waals surface area contributed by atoms with Crippen molar-refractivity contribution in [2.24, 2.45) is 5.14 Å². The van der Waals surface area contributed by atoms with Crippen molar-refractivity contribution >= 4 is 16.1 Å². The Balaban J connectivity index is 2.24. The molecule has 0 radical (unpaired) electrons. The number of amides is 2. The number of urea groups is 1. The number of nitrogens with one attached hydrogen (secondary N) is 2. The zero-order valence-corrected chi connectivity index (χ0v) is 13.2. The minimum absolute atomic E-state index is 0.0777. The molecule has 0 atom stereocenters. The van der Waals surface area contributed by atoms with Crippen molar-refractivity contribution < 1.29 is 13.2 Å². The van der Waals surface area contributed by atoms with Gasteiger partial charge in [-0.2, -0.15) is 0 Å². The topological polar surface area (TPSA) is 101 Å². The number of rotatable bonds is 8. The minimum atomic E-state index is -3.66. The Hall–Kier alpha value is -2.04. The molecule has 0 aromatic heterocycles. The van der Waals surface area contributed by atoms with E-state index in [1.54, 1.807) is 12.1 Å². The molecule has 1 aromatic carbocycles. The second-order valence-corrected chi connectivity index (χ2v) is 6.34. The van der Waals surface area contributed by atoms with Crippen molar-refractivity contribution in [3.8, 4) is 12.3 Å². The Morgan fingerprint density at radius 2 is 1.77 bits per heavy atom. The number of primary sulfonamides is 1. The predicted octanol–water partition coefficient (Wildman–Crippen LogP) is 0.979. The standard InChI is InChI=1S/C15H21N3O3S/c1-2-3-4-5-11-17-15(19)18-12-10-13-6-8-14(9-7-13)22(16,20)21/h1,6-9H,3-5,10-12H2,(H2,16,20,21)(H2,17,18,19). The van der Waals surface area contributed by atoms with E-state index in [0.29, 0.717) is 19.5 Å². The molecule has 0 saturated carbocycles. The predicted molar refractivity (Wildman–Crippen MR) is 85.6 cm³/mol. The van der Waals surface area contributed by atoms with Gasteiger partial charge >= 0.3 is 6.03 Å². The van der Waals surface area contributed by atoms with Crippen molar-refractivity contribution in [3.05, 3.63) is 29.8 Å². The van der Waals surface area contributed by atoms with E-state index in [-0.39, 0.29) is 10.9 Å². The van der Waals surface area contributed by atoms with E-state index in [2.05, 4.69) is 16.6 Å². The molecule has 6 nitrogen and oxygen atoms in total. The number of carbonyl (C=O) groups is 1. The van der Waals surface area contributed by atoms with Crippen molar-refractivity contribution in [1.82, 2.24) is 10.6 Å². The van der Waals surface area contributed by atoms with Crippen LogP contribution in [0, 0.1) is 12.3 Å². The second kappa shape index (κ2) is 9.07. The molecule has 0 spiro atoms. The summed E-state index contributed by atoms with van der Waals surface area (Å²) in [6.07, 6.45) is 8.21. The number of nitrogens with two attached hydrogens (primary N) is 1. The first kappa shape index (κ1) is 18.0. The lowest BCUT2D eigenvalue weighted by molar-refractivity contribution is 0.241. The highest BCUT2D eigenvalue weighted by molar-refractivity contribution is 7.89. The lowest BCUT2D eigenvalue weighted by Crippen LogP contribution is -2.37. The molecule has 0 saturated heterocycles. The highest BCUT2D eigenvalue weighted by Gasteiger charge is 2.06. The summed E-state index contributed by atoms with van der Waals surface area (Å²) < 4.78 is 22.2. The molecule has 0 unspecified atom stereocenters. The van der Waals surface area contributed by atoms with Gasteiger partial charge in [0.1, 0.15) is 0 Å². The van der Waals surface area contributed by atoms with E-state index in [1.165, 1.54) is 12.1 Å². The van der Waals surface area contributed by atoms with Crippen LogP contribution in [0.4, 0.5) is 4.79 Å². The molecule has 4 N–H and O–H groups in total. The number of carbonyl (C=O) groups excluding carboxylic acids is 1. The summed E-state index contributed by atoms with van der Waals surface area (Å²) in [4.78, 5) is 11.6. The molecule has 0 heterocycles. The lowest BCUT2D eigenvalue weighted by atomic mass is 10.1. The molecule has 0 bridgehead atoms. The van der Waals surface area contributed by atoms with Crippen LogP contribution in [0.1, 0.15) is 24.8 Å². The van der Waals surface area contributed by atoms with Crippen molar-refractivity contribution in [2.75, 3.05) is 13.1 Å². The van der Waals surface area contributed by atoms with Crippen LogP contribution in [0.3, 0.4) is 0 Å². The van der Waals surface area contributed by atoms with Gasteiger partial charge in [0.05, 0.1) is 4.90 Å². The van der Waals surface area contributed by atoms with Gasteiger partial charge in [-0.25, -0.2) is 18.4 Å². The van der Waals surface area contributed by atoms with Crippen molar-refractivity contribution in [3.63, 3.8) is 0 Å². The van der Waals surface area contributed by atoms with Gasteiger partial charge in [0.15, 0.2) is 0 Å². The first-order valence-electron chi connectivity index (χ1n) is 7.00. The monoisotopic (exact) mass is 323 g/mol. The SMILES string of the molecule is C#CCCCCNC(=O)NCCc1ccc(S(N)(=O)=O)cc1. The Bertz CT molecular complexity index is 618. The Morgan fingerprint density at radius 3 is 2.36 bits per heavy atom. The second-order valence-electron chi connectivity index (χ2n) is 4.78. The van der Waals surface area contributed by atoms with E-state index in [9.17, 15) is 13.2 Å². The quantitative estimate of drug-likeness (QED) is 0.491. The molecule has 1 rings (SSSR count). The summed E-state index contributed by atoms with van der Waals surface area (Å²) in [5.74, 6) is 2.55. The van der Waals surface area contributed by atoms with Gasteiger partial charge in [0.25, 0.3) is 0 Å². The average Bonchev–Trinajstić information content (AvgIpc) is 2.46. The van der Waals surface area contributed by atoms with E-state index in [4.69, 9.17) is 11.6 Å². The van der Waals surface area contributed by atoms with Crippen LogP contribution in [0.25, 0.3) is 0 Å². The van der Waals surface area contributed by atoms with Crippen LogP contribution < -0.4 is 15.8 Å². The van der Waals surface area contributed by atoms with E-state index in [0.717, 1.165) is 24.8 Å². The summed E-state index contributed by atoms with van der Waals surface area (Å²) in [5.41, 5.74) is 0.918. The fourth-order valence-electron chi connectivity index (χ4n) is 1.78. The Morgan fingerprint density at radius 1 is 1.14 bits per heavy atom. The zero-order valence-electron chi connectivity index (χ0n) is 12.3. The third kappa shape index (κ3) is 7.11. The lowest BCUT2D eigenvalue weighted by Gasteiger charge is -2.07. The van der Waals surface area contributed by atoms with Crippen LogP contribution in [0.5, 0.6) is 0 Å². The van der Waals surface area contributed by atoms with E-state index in [1.807, 2.05) is 0 Å². The van der Waals surface area contributed by atoms with Crippen LogP contribution in [0.15, 0.2) is 29.2 Å². The number of hydrogen-bond acceptors (Lipinski definition) is 3. The Kier molecular flexibility index (Phi) is 7.43. The van der Waals surface area contributed by atoms with E-state index >= 15 is 0 Å². The third-order valence-electron chi connectivity index (χ3n) is 2.98. The van der Waals surface area contributed by atoms with Gasteiger partial charge in [0.2, 0.25) is 10.0 Å². The van der Waals surface area contributed by atoms with Crippen LogP contribution in [0.2, 0.25) is 0 Å². The maximum Gasteiger partial charge on any atom is 0.314 e. The first-order chi connectivity index (χ1) is 10.4. The van der Waals surface area contributed by atoms with E-state index < -0.39 is 10.0 Å². The largest absolute Gasteiger partial charge is 0.338 e. The number of terminal acetylenes is 1. The summed E-state index contributed by atoms with van der Waals surface area (Å²) in [7, 11) is -3.66. The fourth-order valence-corrected chi connectivity index (χ4v) is 2.30. The molecular formula is C15H21N3O3S. The van der Waals surface area contributed by atoms with Gasteiger partial charge < -0.3 is 10.6 Å². The summed E-state index contributed by atoms with van der Waals surface area (Å²) in [6, 6.07) is 6.05. The zero-order chi connectivity index (χ0) is 16.4. The fraction of sp³-hybridized carbons (Fsp3) is 0.400. The first-order valence-corrected chi connectivity index (χ1v) is 8.55. The van der Waals surface area contributed by atoms with Crippen LogP contribution in [-0.2, 0) is 16.4 Å². The molecular weight excluding hydrogens is 302 g/mol. The maximum atomic E-state index is 11.5. The van der Waals surface area contributed by atoms with Gasteiger partial charge in [-0.1, -0.05) is 12.1 Å². The Labute approximate surface area is 131 Å². The number of benzene rings is 1. The van der Waals surface area contributed by atoms with Crippen molar-refractivity contribution in [2.45, 2.75) is 30.6 Å². The average molecular weight is 323 g/mol. The number of hydrogen-bond donors (Lipinski definition) is 3. The van der Waals surface area contributed by atoms with Crippen molar-refractivity contribution in [1.29, 1.82) is 0 Å². The smallest absolute Gasteiger partial charge is 0.314 e. The summed E-state index contributed by atoms with van der Waals surface area (Å²) >= 11 is 0. The molecule has 2 amide bonds. The third-order valence-corrected chi connectivity index (χ3v) is 3.91. The number of unbranched alkanes of at least 4 members (excludes halogenated alkanes) is 2. The molecule has 120 valence electrons. The highest BCUT2D eigenvalue weighted by Crippen LogP contribution is 2.08. The highest BCUT2D eigenvalue weighted by atomic mass is 32.2. The molecule has 0 aliphatic heterocycles. The maximum absolute atomic E-state index is 11.5. The van der Waals surface area contributed by atoms with Crippen LogP contribution >= 0.6 is 0 Å². The summed E-state index contributed by atoms with van der Waals surface area (Å²) in [5, 5.41) is 10.5. The molecule has 22 heavy (non-hydrogen) atoms. The summed E-state index contributed by atoms with van der Waals surface area (Å²) in [6.45, 7) is 1.06. The number of sulfonamides is 1. The normalized spacial score (nSPS) is 10.7.